The van der Waals surface area contributed by atoms with Gasteiger partial charge in [0.2, 0.25) is 0 Å². The van der Waals surface area contributed by atoms with Gasteiger partial charge in [-0.25, -0.2) is 0 Å². The number of hydrogen-bond acceptors (Lipinski definition) is 6. The Morgan fingerprint density at radius 2 is 1.30 bits per heavy atom. The van der Waals surface area contributed by atoms with Gasteiger partial charge in [-0.2, -0.15) is 0 Å². The predicted octanol–water partition coefficient (Wildman–Crippen LogP) is -2.79. The van der Waals surface area contributed by atoms with Crippen molar-refractivity contribution in [1.29, 1.82) is 0 Å². The van der Waals surface area contributed by atoms with E-state index in [9.17, 15) is 0 Å². The first-order valence-corrected chi connectivity index (χ1v) is 3.45. The van der Waals surface area contributed by atoms with Crippen molar-refractivity contribution in [2.24, 2.45) is 0 Å². The molecule has 0 fully saturated rings. The normalized spacial score (nSPS) is 8.20. The van der Waals surface area contributed by atoms with E-state index < -0.39 is 18.9 Å². The molecule has 0 heterocycles. The Kier molecular flexibility index (Phi) is 11.5. The summed E-state index contributed by atoms with van der Waals surface area (Å²) >= 11 is -5.62. The molecular formula is C2H3Mn2O6. The molecule has 0 atom stereocenters. The van der Waals surface area contributed by atoms with Gasteiger partial charge < -0.3 is 9.90 Å². The topological polar surface area (TPSA) is 114 Å². The van der Waals surface area contributed by atoms with E-state index in [1.165, 1.54) is 0 Å². The van der Waals surface area contributed by atoms with Crippen LogP contribution in [-0.4, -0.2) is 5.97 Å². The van der Waals surface area contributed by atoms with Crippen LogP contribution in [0.5, 0.6) is 0 Å². The summed E-state index contributed by atoms with van der Waals surface area (Å²) in [5.74, 6) is -1.08. The summed E-state index contributed by atoms with van der Waals surface area (Å²) in [7, 11) is 0. The second-order valence-corrected chi connectivity index (χ2v) is 2.05. The molecule has 0 aliphatic heterocycles. The molecule has 10 heavy (non-hydrogen) atoms. The van der Waals surface area contributed by atoms with Gasteiger partial charge in [0, 0.05) is 5.97 Å². The van der Waals surface area contributed by atoms with E-state index in [0.29, 0.717) is 0 Å². The monoisotopic (exact) mass is 233 g/mol. The number of carboxylic acid groups (broad SMARTS) is 1. The third-order valence-corrected chi connectivity index (χ3v) is 0. The number of rotatable bonds is 0. The molecule has 61 valence electrons. The average Bonchev–Trinajstić information content (AvgIpc) is 1.19. The van der Waals surface area contributed by atoms with Crippen molar-refractivity contribution in [2.75, 3.05) is 0 Å². The minimum absolute atomic E-state index is 0. The van der Waals surface area contributed by atoms with Crippen molar-refractivity contribution in [1.82, 2.24) is 0 Å². The Balaban J connectivity index is -0.0000000910. The Labute approximate surface area is 68.9 Å². The summed E-state index contributed by atoms with van der Waals surface area (Å²) < 4.78 is 34.3. The fourth-order valence-electron chi connectivity index (χ4n) is 0. The maximum atomic E-state index is 8.89. The molecule has 0 aromatic rings. The second-order valence-electron chi connectivity index (χ2n) is 0.870. The Hall–Kier alpha value is -0.131. The molecule has 0 spiro atoms. The fraction of sp³-hybridized carbons (Fsp3) is 0.500. The molecule has 0 saturated carbocycles. The zero-order chi connectivity index (χ0) is 8.08. The fourth-order valence-corrected chi connectivity index (χ4v) is 0. The second kappa shape index (κ2) is 6.98. The summed E-state index contributed by atoms with van der Waals surface area (Å²) in [4.78, 5) is 8.89. The van der Waals surface area contributed by atoms with E-state index in [1.54, 1.807) is 0 Å². The molecule has 0 unspecified atom stereocenters. The molecule has 6 nitrogen and oxygen atoms in total. The van der Waals surface area contributed by atoms with Gasteiger partial charge in [-0.05, 0) is 6.92 Å². The molecule has 0 N–H and O–H groups in total. The van der Waals surface area contributed by atoms with E-state index in [0.717, 1.165) is 6.92 Å². The van der Waals surface area contributed by atoms with Gasteiger partial charge >= 0.3 is 45.7 Å². The molecule has 0 saturated heterocycles. The van der Waals surface area contributed by atoms with Gasteiger partial charge in [-0.3, -0.25) is 0 Å². The Morgan fingerprint density at radius 1 is 1.30 bits per heavy atom. The standard InChI is InChI=1S/C2H4O2.2Mn.4O/c1-2(3)4;;;;;;/h1H3,(H,3,4);;;;;;/q;;+2;;;;-1/p-1. The average molecular weight is 233 g/mol. The van der Waals surface area contributed by atoms with Gasteiger partial charge in [0.15, 0.2) is 0 Å². The maximum absolute atomic E-state index is 8.89. The van der Waals surface area contributed by atoms with Crippen LogP contribution < -0.4 is 9.30 Å². The number of carboxylic acids is 1. The molecule has 0 aromatic heterocycles. The summed E-state index contributed by atoms with van der Waals surface area (Å²) in [6.07, 6.45) is 0. The van der Waals surface area contributed by atoms with Crippen LogP contribution in [-0.2, 0) is 46.3 Å². The van der Waals surface area contributed by atoms with Crippen molar-refractivity contribution < 1.29 is 55.6 Å². The van der Waals surface area contributed by atoms with Crippen LogP contribution >= 0.6 is 0 Å². The van der Waals surface area contributed by atoms with Gasteiger partial charge in [-0.15, -0.1) is 0 Å². The van der Waals surface area contributed by atoms with E-state index in [2.05, 4.69) is 0 Å². The quantitative estimate of drug-likeness (QED) is 0.417. The molecular weight excluding hydrogens is 230 g/mol. The summed E-state index contributed by atoms with van der Waals surface area (Å²) in [5, 5.41) is 8.89. The van der Waals surface area contributed by atoms with Crippen molar-refractivity contribution >= 4 is 5.97 Å². The summed E-state index contributed by atoms with van der Waals surface area (Å²) in [5.41, 5.74) is 0. The molecule has 0 amide bonds. The van der Waals surface area contributed by atoms with Crippen molar-refractivity contribution in [2.45, 2.75) is 6.92 Å². The van der Waals surface area contributed by atoms with Crippen LogP contribution in [0.1, 0.15) is 6.92 Å². The molecule has 8 heteroatoms. The van der Waals surface area contributed by atoms with E-state index in [1.807, 2.05) is 0 Å². The van der Waals surface area contributed by atoms with Crippen molar-refractivity contribution in [3.8, 4) is 0 Å². The van der Waals surface area contributed by atoms with Crippen LogP contribution in [0.3, 0.4) is 0 Å². The molecule has 0 aromatic carbocycles. The zero-order valence-electron chi connectivity index (χ0n) is 4.71. The molecule has 1 radical (unpaired) electrons. The number of carbonyl (C=O) groups excluding carboxylic acids is 1. The van der Waals surface area contributed by atoms with Crippen LogP contribution in [0.15, 0.2) is 0 Å². The third-order valence-electron chi connectivity index (χ3n) is 0. The van der Waals surface area contributed by atoms with Gasteiger partial charge in [-0.1, -0.05) is 0 Å². The molecule has 0 bridgehead atoms. The SMILES string of the molecule is CC(=O)[O-].[Mn+2].[O]=[Mn](=[O])(=[O])[O-]. The number of hydrogen-bond donors (Lipinski definition) is 0. The molecule has 0 aliphatic carbocycles. The predicted molar refractivity (Wildman–Crippen MR) is 12.7 cm³/mol. The zero-order valence-corrected chi connectivity index (χ0v) is 7.07. The van der Waals surface area contributed by atoms with Crippen LogP contribution in [0, 0.1) is 0 Å². The van der Waals surface area contributed by atoms with Gasteiger partial charge in [0.25, 0.3) is 0 Å². The van der Waals surface area contributed by atoms with Gasteiger partial charge in [0.05, 0.1) is 0 Å². The van der Waals surface area contributed by atoms with E-state index >= 15 is 0 Å². The van der Waals surface area contributed by atoms with Crippen molar-refractivity contribution in [3.63, 3.8) is 0 Å². The van der Waals surface area contributed by atoms with Crippen molar-refractivity contribution in [3.05, 3.63) is 0 Å². The first-order chi connectivity index (χ1) is 3.73. The minimum atomic E-state index is -5.62. The van der Waals surface area contributed by atoms with Crippen LogP contribution in [0.25, 0.3) is 0 Å². The van der Waals surface area contributed by atoms with Crippen LogP contribution in [0.2, 0.25) is 0 Å². The molecule has 0 rings (SSSR count). The van der Waals surface area contributed by atoms with E-state index in [4.69, 9.17) is 25.6 Å². The van der Waals surface area contributed by atoms with Crippen LogP contribution in [0.4, 0.5) is 0 Å². The summed E-state index contributed by atoms with van der Waals surface area (Å²) in [6.45, 7) is 0.972. The first-order valence-electron chi connectivity index (χ1n) is 1.53. The summed E-state index contributed by atoms with van der Waals surface area (Å²) in [6, 6.07) is 0. The first kappa shape index (κ1) is 16.5. The van der Waals surface area contributed by atoms with E-state index in [-0.39, 0.29) is 17.1 Å². The number of aliphatic carboxylic acids is 1. The molecule has 0 aliphatic rings. The Bertz CT molecular complexity index is 199. The Morgan fingerprint density at radius 3 is 1.30 bits per heavy atom. The number of carbonyl (C=O) groups is 1. The third kappa shape index (κ3) is 21600. The van der Waals surface area contributed by atoms with Gasteiger partial charge in [0.1, 0.15) is 0 Å².